The molecule has 0 aliphatic heterocycles. The second-order valence-corrected chi connectivity index (χ2v) is 6.43. The zero-order chi connectivity index (χ0) is 17.7. The fourth-order valence-electron chi connectivity index (χ4n) is 2.72. The van der Waals surface area contributed by atoms with Gasteiger partial charge in [0.25, 0.3) is 0 Å². The van der Waals surface area contributed by atoms with E-state index in [0.29, 0.717) is 17.1 Å². The van der Waals surface area contributed by atoms with E-state index in [1.807, 2.05) is 18.7 Å². The summed E-state index contributed by atoms with van der Waals surface area (Å²) >= 11 is 5.81. The van der Waals surface area contributed by atoms with Crippen molar-refractivity contribution in [2.45, 2.75) is 39.2 Å². The van der Waals surface area contributed by atoms with Crippen molar-refractivity contribution in [1.82, 2.24) is 15.1 Å². The second-order valence-electron chi connectivity index (χ2n) is 6.00. The molecule has 0 fully saturated rings. The third-order valence-electron chi connectivity index (χ3n) is 4.22. The lowest BCUT2D eigenvalue weighted by Gasteiger charge is -2.11. The van der Waals surface area contributed by atoms with Gasteiger partial charge in [0.05, 0.1) is 18.2 Å². The second kappa shape index (κ2) is 8.31. The molecule has 2 aromatic rings. The van der Waals surface area contributed by atoms with Crippen molar-refractivity contribution in [2.75, 3.05) is 6.54 Å². The Morgan fingerprint density at radius 2 is 2.00 bits per heavy atom. The Hall–Kier alpha value is -1.85. The number of aromatic nitrogens is 2. The summed E-state index contributed by atoms with van der Waals surface area (Å²) in [6, 6.07) is 6.87. The molecule has 0 aliphatic rings. The van der Waals surface area contributed by atoms with Crippen LogP contribution < -0.4 is 5.32 Å². The van der Waals surface area contributed by atoms with Gasteiger partial charge in [-0.1, -0.05) is 23.7 Å². The SMILES string of the molecule is Cc1nn(C)c(C)c1CCCNC(=O)CC(O)c1ccc(Cl)cc1. The number of halogens is 1. The minimum absolute atomic E-state index is 0.0482. The molecule has 2 rings (SSSR count). The van der Waals surface area contributed by atoms with Crippen molar-refractivity contribution < 1.29 is 9.90 Å². The van der Waals surface area contributed by atoms with Gasteiger partial charge in [-0.2, -0.15) is 5.10 Å². The Kier molecular flexibility index (Phi) is 6.40. The molecule has 1 amide bonds. The molecular formula is C18H24ClN3O2. The molecule has 0 saturated heterocycles. The van der Waals surface area contributed by atoms with Crippen LogP contribution in [0.15, 0.2) is 24.3 Å². The zero-order valence-electron chi connectivity index (χ0n) is 14.3. The molecule has 24 heavy (non-hydrogen) atoms. The first kappa shape index (κ1) is 18.5. The van der Waals surface area contributed by atoms with Gasteiger partial charge in [-0.25, -0.2) is 0 Å². The maximum absolute atomic E-state index is 11.9. The predicted molar refractivity (Wildman–Crippen MR) is 95.0 cm³/mol. The van der Waals surface area contributed by atoms with Crippen LogP contribution in [0.2, 0.25) is 5.02 Å². The van der Waals surface area contributed by atoms with E-state index in [2.05, 4.69) is 17.3 Å². The van der Waals surface area contributed by atoms with Crippen molar-refractivity contribution in [1.29, 1.82) is 0 Å². The molecule has 130 valence electrons. The Balaban J connectivity index is 1.74. The van der Waals surface area contributed by atoms with E-state index in [-0.39, 0.29) is 12.3 Å². The lowest BCUT2D eigenvalue weighted by atomic mass is 10.1. The fraction of sp³-hybridized carbons (Fsp3) is 0.444. The van der Waals surface area contributed by atoms with E-state index in [4.69, 9.17) is 11.6 Å². The molecule has 6 heteroatoms. The summed E-state index contributed by atoms with van der Waals surface area (Å²) in [6.45, 7) is 4.64. The highest BCUT2D eigenvalue weighted by molar-refractivity contribution is 6.30. The van der Waals surface area contributed by atoms with Crippen LogP contribution in [-0.4, -0.2) is 27.3 Å². The Morgan fingerprint density at radius 1 is 1.33 bits per heavy atom. The molecule has 2 N–H and O–H groups in total. The lowest BCUT2D eigenvalue weighted by Crippen LogP contribution is -2.26. The predicted octanol–water partition coefficient (Wildman–Crippen LogP) is 2.86. The monoisotopic (exact) mass is 349 g/mol. The molecule has 0 saturated carbocycles. The summed E-state index contributed by atoms with van der Waals surface area (Å²) in [6.07, 6.45) is 0.957. The lowest BCUT2D eigenvalue weighted by molar-refractivity contribution is -0.123. The molecule has 1 heterocycles. The number of aryl methyl sites for hydroxylation is 2. The number of rotatable bonds is 7. The van der Waals surface area contributed by atoms with Crippen LogP contribution in [0.4, 0.5) is 0 Å². The van der Waals surface area contributed by atoms with Crippen molar-refractivity contribution >= 4 is 17.5 Å². The van der Waals surface area contributed by atoms with Crippen LogP contribution in [0.5, 0.6) is 0 Å². The van der Waals surface area contributed by atoms with Crippen LogP contribution >= 0.6 is 11.6 Å². The van der Waals surface area contributed by atoms with Crippen LogP contribution in [0.25, 0.3) is 0 Å². The van der Waals surface area contributed by atoms with E-state index in [9.17, 15) is 9.90 Å². The molecule has 1 unspecified atom stereocenters. The van der Waals surface area contributed by atoms with E-state index >= 15 is 0 Å². The number of hydrogen-bond donors (Lipinski definition) is 2. The van der Waals surface area contributed by atoms with E-state index in [1.165, 1.54) is 5.56 Å². The van der Waals surface area contributed by atoms with Crippen LogP contribution in [0.3, 0.4) is 0 Å². The highest BCUT2D eigenvalue weighted by Crippen LogP contribution is 2.19. The number of nitrogens with one attached hydrogen (secondary N) is 1. The zero-order valence-corrected chi connectivity index (χ0v) is 15.1. The Labute approximate surface area is 147 Å². The van der Waals surface area contributed by atoms with Gasteiger partial charge in [0.15, 0.2) is 0 Å². The third kappa shape index (κ3) is 4.82. The van der Waals surface area contributed by atoms with E-state index < -0.39 is 6.10 Å². The van der Waals surface area contributed by atoms with Gasteiger partial charge in [-0.15, -0.1) is 0 Å². The van der Waals surface area contributed by atoms with Crippen molar-refractivity contribution in [2.24, 2.45) is 7.05 Å². The minimum atomic E-state index is -0.815. The molecular weight excluding hydrogens is 326 g/mol. The Bertz CT molecular complexity index is 695. The first-order valence-corrected chi connectivity index (χ1v) is 8.45. The average molecular weight is 350 g/mol. The molecule has 1 aromatic heterocycles. The number of carbonyl (C=O) groups excluding carboxylic acids is 1. The van der Waals surface area contributed by atoms with Gasteiger partial charge in [0, 0.05) is 24.3 Å². The van der Waals surface area contributed by atoms with Gasteiger partial charge < -0.3 is 10.4 Å². The quantitative estimate of drug-likeness (QED) is 0.755. The number of aliphatic hydroxyl groups excluding tert-OH is 1. The summed E-state index contributed by atoms with van der Waals surface area (Å²) in [4.78, 5) is 11.9. The maximum Gasteiger partial charge on any atom is 0.222 e. The molecule has 5 nitrogen and oxygen atoms in total. The summed E-state index contributed by atoms with van der Waals surface area (Å²) in [5, 5.41) is 17.9. The topological polar surface area (TPSA) is 67.2 Å². The fourth-order valence-corrected chi connectivity index (χ4v) is 2.85. The van der Waals surface area contributed by atoms with E-state index in [1.54, 1.807) is 24.3 Å². The van der Waals surface area contributed by atoms with Gasteiger partial charge >= 0.3 is 0 Å². The summed E-state index contributed by atoms with van der Waals surface area (Å²) in [5.41, 5.74) is 4.14. The van der Waals surface area contributed by atoms with Gasteiger partial charge in [0.2, 0.25) is 5.91 Å². The number of carbonyl (C=O) groups is 1. The van der Waals surface area contributed by atoms with Gasteiger partial charge in [-0.05, 0) is 49.9 Å². The first-order valence-electron chi connectivity index (χ1n) is 8.07. The number of benzene rings is 1. The third-order valence-corrected chi connectivity index (χ3v) is 4.47. The van der Waals surface area contributed by atoms with Crippen LogP contribution in [0.1, 0.15) is 41.5 Å². The number of nitrogens with zero attached hydrogens (tertiary/aromatic N) is 2. The Morgan fingerprint density at radius 3 is 2.58 bits per heavy atom. The first-order chi connectivity index (χ1) is 11.4. The smallest absolute Gasteiger partial charge is 0.222 e. The highest BCUT2D eigenvalue weighted by Gasteiger charge is 2.13. The maximum atomic E-state index is 11.9. The summed E-state index contributed by atoms with van der Waals surface area (Å²) < 4.78 is 1.88. The summed E-state index contributed by atoms with van der Waals surface area (Å²) in [5.74, 6) is -0.155. The number of amides is 1. The molecule has 1 aromatic carbocycles. The number of aliphatic hydroxyl groups is 1. The molecule has 0 aliphatic carbocycles. The van der Waals surface area contributed by atoms with Crippen molar-refractivity contribution in [3.8, 4) is 0 Å². The van der Waals surface area contributed by atoms with Gasteiger partial charge in [-0.3, -0.25) is 9.48 Å². The van der Waals surface area contributed by atoms with Gasteiger partial charge in [0.1, 0.15) is 0 Å². The van der Waals surface area contributed by atoms with Crippen molar-refractivity contribution in [3.63, 3.8) is 0 Å². The largest absolute Gasteiger partial charge is 0.388 e. The minimum Gasteiger partial charge on any atom is -0.388 e. The van der Waals surface area contributed by atoms with E-state index in [0.717, 1.165) is 24.2 Å². The van der Waals surface area contributed by atoms with Crippen molar-refractivity contribution in [3.05, 3.63) is 51.8 Å². The molecule has 0 spiro atoms. The normalized spacial score (nSPS) is 12.2. The highest BCUT2D eigenvalue weighted by atomic mass is 35.5. The molecule has 1 atom stereocenters. The van der Waals surface area contributed by atoms with Crippen LogP contribution in [-0.2, 0) is 18.3 Å². The van der Waals surface area contributed by atoms with Crippen LogP contribution in [0, 0.1) is 13.8 Å². The standard InChI is InChI=1S/C18H24ClN3O2/c1-12-16(13(2)22(3)21-12)5-4-10-20-18(24)11-17(23)14-6-8-15(19)9-7-14/h6-9,17,23H,4-5,10-11H2,1-3H3,(H,20,24). The summed E-state index contributed by atoms with van der Waals surface area (Å²) in [7, 11) is 1.94. The average Bonchev–Trinajstić information content (AvgIpc) is 2.77. The number of hydrogen-bond acceptors (Lipinski definition) is 3. The molecule has 0 bridgehead atoms. The molecule has 0 radical (unpaired) electrons.